The van der Waals surface area contributed by atoms with E-state index >= 15 is 0 Å². The van der Waals surface area contributed by atoms with E-state index in [4.69, 9.17) is 0 Å². The molecule has 1 aromatic heterocycles. The zero-order valence-electron chi connectivity index (χ0n) is 14.8. The first-order chi connectivity index (χ1) is 12.3. The van der Waals surface area contributed by atoms with Gasteiger partial charge in [-0.25, -0.2) is 4.68 Å². The molecule has 1 aromatic carbocycles. The Morgan fingerprint density at radius 3 is 2.76 bits per heavy atom. The Bertz CT molecular complexity index is 733. The molecule has 2 heterocycles. The second-order valence-corrected chi connectivity index (χ2v) is 7.28. The van der Waals surface area contributed by atoms with Crippen LogP contribution in [0.15, 0.2) is 36.5 Å². The number of amides is 1. The first-order valence-corrected chi connectivity index (χ1v) is 9.35. The average Bonchev–Trinajstić information content (AvgIpc) is 3.40. The number of likely N-dealkylation sites (tertiary alicyclic amines) is 1. The van der Waals surface area contributed by atoms with Crippen molar-refractivity contribution >= 4 is 5.91 Å². The van der Waals surface area contributed by atoms with Crippen LogP contribution in [0.4, 0.5) is 0 Å². The van der Waals surface area contributed by atoms with E-state index in [-0.39, 0.29) is 5.91 Å². The topological polar surface area (TPSA) is 50.2 Å². The van der Waals surface area contributed by atoms with Crippen molar-refractivity contribution in [3.63, 3.8) is 0 Å². The molecular formula is C20H26N4O. The monoisotopic (exact) mass is 338 g/mol. The number of rotatable bonds is 5. The van der Waals surface area contributed by atoms with Crippen molar-refractivity contribution in [3.05, 3.63) is 47.8 Å². The van der Waals surface area contributed by atoms with Gasteiger partial charge in [0.1, 0.15) is 0 Å². The lowest BCUT2D eigenvalue weighted by molar-refractivity contribution is 0.0673. The smallest absolute Gasteiger partial charge is 0.257 e. The van der Waals surface area contributed by atoms with Gasteiger partial charge in [-0.1, -0.05) is 18.2 Å². The predicted molar refractivity (Wildman–Crippen MR) is 98.1 cm³/mol. The Kier molecular flexibility index (Phi) is 4.57. The normalized spacial score (nSPS) is 20.7. The fraction of sp³-hybridized carbons (Fsp3) is 0.500. The largest absolute Gasteiger partial charge is 0.338 e. The lowest BCUT2D eigenvalue weighted by atomic mass is 9.97. The van der Waals surface area contributed by atoms with Gasteiger partial charge < -0.3 is 10.2 Å². The molecule has 2 aromatic rings. The summed E-state index contributed by atoms with van der Waals surface area (Å²) in [5.41, 5.74) is 2.94. The summed E-state index contributed by atoms with van der Waals surface area (Å²) >= 11 is 0. The number of benzene rings is 1. The molecule has 1 unspecified atom stereocenters. The van der Waals surface area contributed by atoms with Crippen molar-refractivity contribution < 1.29 is 4.79 Å². The van der Waals surface area contributed by atoms with Crippen molar-refractivity contribution in [3.8, 4) is 5.69 Å². The molecule has 1 aliphatic heterocycles. The minimum atomic E-state index is 0.157. The molecule has 1 N–H and O–H groups in total. The molecule has 2 aliphatic rings. The van der Waals surface area contributed by atoms with E-state index in [2.05, 4.69) is 22.5 Å². The number of aromatic nitrogens is 2. The van der Waals surface area contributed by atoms with Crippen LogP contribution in [0.25, 0.3) is 5.69 Å². The molecule has 1 atom stereocenters. The lowest BCUT2D eigenvalue weighted by Gasteiger charge is -2.32. The van der Waals surface area contributed by atoms with Crippen LogP contribution in [0.2, 0.25) is 0 Å². The van der Waals surface area contributed by atoms with Crippen LogP contribution in [0.3, 0.4) is 0 Å². The molecular weight excluding hydrogens is 312 g/mol. The Balaban J connectivity index is 1.62. The van der Waals surface area contributed by atoms with Gasteiger partial charge in [-0.05, 0) is 57.3 Å². The molecule has 0 radical (unpaired) electrons. The lowest BCUT2D eigenvalue weighted by Crippen LogP contribution is -2.42. The molecule has 0 bridgehead atoms. The van der Waals surface area contributed by atoms with Gasteiger partial charge in [-0.2, -0.15) is 5.10 Å². The van der Waals surface area contributed by atoms with E-state index in [1.165, 1.54) is 6.42 Å². The maximum absolute atomic E-state index is 13.2. The summed E-state index contributed by atoms with van der Waals surface area (Å²) in [5, 5.41) is 7.82. The highest BCUT2D eigenvalue weighted by molar-refractivity contribution is 5.95. The number of hydrogen-bond donors (Lipinski definition) is 1. The number of carbonyl (C=O) groups excluding carboxylic acids is 1. The van der Waals surface area contributed by atoms with Gasteiger partial charge in [0.25, 0.3) is 5.91 Å². The summed E-state index contributed by atoms with van der Waals surface area (Å²) in [6.45, 7) is 2.68. The van der Waals surface area contributed by atoms with Crippen LogP contribution >= 0.6 is 0 Å². The number of nitrogens with one attached hydrogen (secondary N) is 1. The predicted octanol–water partition coefficient (Wildman–Crippen LogP) is 2.82. The summed E-state index contributed by atoms with van der Waals surface area (Å²) in [7, 11) is 1.98. The highest BCUT2D eigenvalue weighted by atomic mass is 16.2. The first kappa shape index (κ1) is 16.3. The zero-order chi connectivity index (χ0) is 17.2. The van der Waals surface area contributed by atoms with Gasteiger partial charge in [0, 0.05) is 19.0 Å². The number of nitrogens with zero attached hydrogens (tertiary/aromatic N) is 3. The molecule has 132 valence electrons. The minimum absolute atomic E-state index is 0.157. The van der Waals surface area contributed by atoms with E-state index in [1.54, 1.807) is 6.20 Å². The fourth-order valence-electron chi connectivity index (χ4n) is 3.92. The standard InChI is InChI=1S/C20H26N4O/c1-21-12-15-6-5-11-23(14-15)20(25)18-13-22-24(19(18)16-9-10-16)17-7-3-2-4-8-17/h2-4,7-8,13,15-16,21H,5-6,9-12,14H2,1H3. The van der Waals surface area contributed by atoms with Crippen molar-refractivity contribution in [2.24, 2.45) is 5.92 Å². The second kappa shape index (κ2) is 7.00. The molecule has 1 aliphatic carbocycles. The van der Waals surface area contributed by atoms with E-state index in [9.17, 15) is 4.79 Å². The summed E-state index contributed by atoms with van der Waals surface area (Å²) in [4.78, 5) is 15.2. The SMILES string of the molecule is CNCC1CCCN(C(=O)c2cnn(-c3ccccc3)c2C2CC2)C1. The Morgan fingerprint density at radius 2 is 2.04 bits per heavy atom. The number of hydrogen-bond acceptors (Lipinski definition) is 3. The average molecular weight is 338 g/mol. The third-order valence-corrected chi connectivity index (χ3v) is 5.30. The van der Waals surface area contributed by atoms with Crippen molar-refractivity contribution in [2.75, 3.05) is 26.7 Å². The quantitative estimate of drug-likeness (QED) is 0.912. The van der Waals surface area contributed by atoms with Crippen LogP contribution in [-0.4, -0.2) is 47.3 Å². The number of carbonyl (C=O) groups is 1. The van der Waals surface area contributed by atoms with Gasteiger partial charge in [0.05, 0.1) is 23.1 Å². The highest BCUT2D eigenvalue weighted by Crippen LogP contribution is 2.42. The highest BCUT2D eigenvalue weighted by Gasteiger charge is 2.35. The molecule has 25 heavy (non-hydrogen) atoms. The number of piperidine rings is 1. The summed E-state index contributed by atoms with van der Waals surface area (Å²) in [6.07, 6.45) is 6.38. The maximum atomic E-state index is 13.2. The zero-order valence-corrected chi connectivity index (χ0v) is 14.8. The summed E-state index contributed by atoms with van der Waals surface area (Å²) < 4.78 is 1.97. The van der Waals surface area contributed by atoms with Crippen molar-refractivity contribution in [1.29, 1.82) is 0 Å². The van der Waals surface area contributed by atoms with Crippen LogP contribution < -0.4 is 5.32 Å². The van der Waals surface area contributed by atoms with Gasteiger partial charge >= 0.3 is 0 Å². The van der Waals surface area contributed by atoms with E-state index < -0.39 is 0 Å². The number of para-hydroxylation sites is 1. The Labute approximate surface area is 149 Å². The van der Waals surface area contributed by atoms with Crippen LogP contribution in [-0.2, 0) is 0 Å². The van der Waals surface area contributed by atoms with E-state index in [0.29, 0.717) is 11.8 Å². The van der Waals surface area contributed by atoms with Crippen LogP contribution in [0, 0.1) is 5.92 Å². The molecule has 2 fully saturated rings. The Morgan fingerprint density at radius 1 is 1.24 bits per heavy atom. The van der Waals surface area contributed by atoms with Gasteiger partial charge in [-0.3, -0.25) is 4.79 Å². The van der Waals surface area contributed by atoms with Crippen LogP contribution in [0.5, 0.6) is 0 Å². The summed E-state index contributed by atoms with van der Waals surface area (Å²) in [6, 6.07) is 10.1. The molecule has 1 amide bonds. The summed E-state index contributed by atoms with van der Waals surface area (Å²) in [5.74, 6) is 1.18. The van der Waals surface area contributed by atoms with E-state index in [1.807, 2.05) is 34.8 Å². The second-order valence-electron chi connectivity index (χ2n) is 7.28. The third-order valence-electron chi connectivity index (χ3n) is 5.30. The third kappa shape index (κ3) is 3.33. The maximum Gasteiger partial charge on any atom is 0.257 e. The van der Waals surface area contributed by atoms with Gasteiger partial charge in [0.2, 0.25) is 0 Å². The van der Waals surface area contributed by atoms with E-state index in [0.717, 1.165) is 55.8 Å². The van der Waals surface area contributed by atoms with Gasteiger partial charge in [-0.15, -0.1) is 0 Å². The molecule has 5 nitrogen and oxygen atoms in total. The molecule has 1 saturated heterocycles. The van der Waals surface area contributed by atoms with Crippen molar-refractivity contribution in [2.45, 2.75) is 31.6 Å². The fourth-order valence-corrected chi connectivity index (χ4v) is 3.92. The molecule has 4 rings (SSSR count). The van der Waals surface area contributed by atoms with Crippen LogP contribution in [0.1, 0.15) is 47.7 Å². The molecule has 1 saturated carbocycles. The minimum Gasteiger partial charge on any atom is -0.338 e. The molecule has 5 heteroatoms. The van der Waals surface area contributed by atoms with Crippen molar-refractivity contribution in [1.82, 2.24) is 20.0 Å². The van der Waals surface area contributed by atoms with Gasteiger partial charge in [0.15, 0.2) is 0 Å². The molecule has 0 spiro atoms. The first-order valence-electron chi connectivity index (χ1n) is 9.35. The Hall–Kier alpha value is -2.14.